The molecule has 0 spiro atoms. The van der Waals surface area contributed by atoms with Crippen molar-refractivity contribution in [1.82, 2.24) is 19.6 Å². The second-order valence-corrected chi connectivity index (χ2v) is 9.62. The van der Waals surface area contributed by atoms with Crippen LogP contribution in [0.25, 0.3) is 0 Å². The molecule has 0 unspecified atom stereocenters. The van der Waals surface area contributed by atoms with Crippen LogP contribution in [-0.2, 0) is 4.74 Å². The third-order valence-corrected chi connectivity index (χ3v) is 6.49. The Morgan fingerprint density at radius 1 is 0.742 bits per heavy atom. The van der Waals surface area contributed by atoms with Crippen molar-refractivity contribution in [1.29, 1.82) is 0 Å². The molecular weight excluding hydrogens is 384 g/mol. The Morgan fingerprint density at radius 2 is 1.16 bits per heavy atom. The lowest BCUT2D eigenvalue weighted by Crippen LogP contribution is -2.44. The Kier molecular flexibility index (Phi) is 19.2. The lowest BCUT2D eigenvalue weighted by atomic mass is 9.94. The molecule has 0 aromatic rings. The van der Waals surface area contributed by atoms with Crippen molar-refractivity contribution in [3.63, 3.8) is 0 Å². The van der Waals surface area contributed by atoms with Crippen LogP contribution >= 0.6 is 0 Å². The Bertz CT molecular complexity index is 360. The van der Waals surface area contributed by atoms with Gasteiger partial charge in [-0.1, -0.05) is 34.1 Å². The van der Waals surface area contributed by atoms with Gasteiger partial charge in [-0.3, -0.25) is 0 Å². The minimum absolute atomic E-state index is 0.518. The molecule has 0 aromatic heterocycles. The van der Waals surface area contributed by atoms with Gasteiger partial charge in [-0.05, 0) is 72.6 Å². The number of hydrogen-bond donors (Lipinski definition) is 0. The van der Waals surface area contributed by atoms with E-state index in [1.807, 2.05) is 21.0 Å². The SMILES string of the molecule is CC.CCC.CN1CCN(C)CC1.COC1CCN(CC2CCN(C(C)C)CC2)CC1. The maximum absolute atomic E-state index is 5.44. The highest BCUT2D eigenvalue weighted by Crippen LogP contribution is 2.22. The number of methoxy groups -OCH3 is 1. The van der Waals surface area contributed by atoms with Gasteiger partial charge in [0.2, 0.25) is 0 Å². The first kappa shape index (κ1) is 30.8. The van der Waals surface area contributed by atoms with Crippen LogP contribution in [0.4, 0.5) is 0 Å². The minimum Gasteiger partial charge on any atom is -0.381 e. The van der Waals surface area contributed by atoms with E-state index in [2.05, 4.69) is 61.4 Å². The van der Waals surface area contributed by atoms with Crippen molar-refractivity contribution in [2.75, 3.05) is 80.1 Å². The van der Waals surface area contributed by atoms with Crippen LogP contribution in [0.15, 0.2) is 0 Å². The molecule has 3 rings (SSSR count). The van der Waals surface area contributed by atoms with Crippen molar-refractivity contribution in [2.24, 2.45) is 5.92 Å². The normalized spacial score (nSPS) is 22.6. The molecule has 3 heterocycles. The topological polar surface area (TPSA) is 22.2 Å². The fourth-order valence-electron chi connectivity index (χ4n) is 4.25. The molecule has 5 heteroatoms. The zero-order valence-electron chi connectivity index (χ0n) is 22.8. The van der Waals surface area contributed by atoms with E-state index >= 15 is 0 Å². The van der Waals surface area contributed by atoms with E-state index < -0.39 is 0 Å². The number of rotatable bonds is 4. The zero-order valence-corrected chi connectivity index (χ0v) is 22.8. The molecule has 0 N–H and O–H groups in total. The molecule has 0 aliphatic carbocycles. The Morgan fingerprint density at radius 3 is 1.52 bits per heavy atom. The predicted molar refractivity (Wildman–Crippen MR) is 138 cm³/mol. The molecule has 0 bridgehead atoms. The standard InChI is InChI=1S/C15H30N2O.C6H14N2.C3H8.C2H6/c1-13(2)17-10-4-14(5-11-17)12-16-8-6-15(18-3)7-9-16;1-7-3-5-8(2)6-4-7;1-3-2;1-2/h13-15H,4-12H2,1-3H3;3-6H2,1-2H3;3H2,1-2H3;1-2H3. The lowest BCUT2D eigenvalue weighted by molar-refractivity contribution is 0.0310. The molecule has 0 aromatic carbocycles. The number of piperazine rings is 1. The molecule has 3 fully saturated rings. The summed E-state index contributed by atoms with van der Waals surface area (Å²) in [5.74, 6) is 0.930. The molecule has 3 saturated heterocycles. The summed E-state index contributed by atoms with van der Waals surface area (Å²) >= 11 is 0. The second kappa shape index (κ2) is 19.3. The van der Waals surface area contributed by atoms with Crippen molar-refractivity contribution in [2.45, 2.75) is 85.8 Å². The molecule has 5 nitrogen and oxygen atoms in total. The van der Waals surface area contributed by atoms with Crippen LogP contribution < -0.4 is 0 Å². The lowest BCUT2D eigenvalue weighted by Gasteiger charge is -2.38. The third kappa shape index (κ3) is 14.5. The minimum atomic E-state index is 0.518. The highest BCUT2D eigenvalue weighted by atomic mass is 16.5. The smallest absolute Gasteiger partial charge is 0.0595 e. The summed E-state index contributed by atoms with van der Waals surface area (Å²) in [5.41, 5.74) is 0. The highest BCUT2D eigenvalue weighted by molar-refractivity contribution is 4.79. The first-order valence-electron chi connectivity index (χ1n) is 13.3. The maximum Gasteiger partial charge on any atom is 0.0595 e. The van der Waals surface area contributed by atoms with E-state index in [4.69, 9.17) is 4.74 Å². The van der Waals surface area contributed by atoms with Crippen LogP contribution in [-0.4, -0.2) is 112 Å². The van der Waals surface area contributed by atoms with Gasteiger partial charge in [-0.25, -0.2) is 0 Å². The van der Waals surface area contributed by atoms with E-state index in [0.29, 0.717) is 6.10 Å². The number of likely N-dealkylation sites (N-methyl/N-ethyl adjacent to an activating group) is 2. The quantitative estimate of drug-likeness (QED) is 0.636. The Balaban J connectivity index is 0.000000575. The second-order valence-electron chi connectivity index (χ2n) is 9.62. The van der Waals surface area contributed by atoms with Crippen molar-refractivity contribution in [3.8, 4) is 0 Å². The van der Waals surface area contributed by atoms with Gasteiger partial charge in [-0.15, -0.1) is 0 Å². The van der Waals surface area contributed by atoms with E-state index in [1.165, 1.54) is 91.0 Å². The predicted octanol–water partition coefficient (Wildman–Crippen LogP) is 4.52. The maximum atomic E-state index is 5.44. The fourth-order valence-corrected chi connectivity index (χ4v) is 4.25. The van der Waals surface area contributed by atoms with Crippen LogP contribution in [0.1, 0.15) is 73.6 Å². The van der Waals surface area contributed by atoms with Crippen molar-refractivity contribution >= 4 is 0 Å². The van der Waals surface area contributed by atoms with Crippen LogP contribution in [0, 0.1) is 5.92 Å². The largest absolute Gasteiger partial charge is 0.381 e. The average Bonchev–Trinajstić information content (AvgIpc) is 2.79. The molecule has 31 heavy (non-hydrogen) atoms. The monoisotopic (exact) mass is 442 g/mol. The number of ether oxygens (including phenoxy) is 1. The summed E-state index contributed by atoms with van der Waals surface area (Å²) in [5, 5.41) is 0. The average molecular weight is 443 g/mol. The third-order valence-electron chi connectivity index (χ3n) is 6.49. The Hall–Kier alpha value is -0.200. The Labute approximate surface area is 196 Å². The summed E-state index contributed by atoms with van der Waals surface area (Å²) in [7, 11) is 6.20. The van der Waals surface area contributed by atoms with Crippen LogP contribution in [0.5, 0.6) is 0 Å². The molecule has 3 aliphatic heterocycles. The molecule has 0 radical (unpaired) electrons. The van der Waals surface area contributed by atoms with Gasteiger partial charge in [0.25, 0.3) is 0 Å². The molecule has 0 amide bonds. The number of piperidine rings is 2. The summed E-state index contributed by atoms with van der Waals surface area (Å²) < 4.78 is 5.44. The molecular formula is C26H58N4O. The van der Waals surface area contributed by atoms with Gasteiger partial charge >= 0.3 is 0 Å². The van der Waals surface area contributed by atoms with Gasteiger partial charge in [0.15, 0.2) is 0 Å². The molecule has 0 saturated carbocycles. The summed E-state index contributed by atoms with van der Waals surface area (Å²) in [6, 6.07) is 0.725. The van der Waals surface area contributed by atoms with E-state index in [0.717, 1.165) is 12.0 Å². The van der Waals surface area contributed by atoms with Crippen molar-refractivity contribution < 1.29 is 4.74 Å². The fraction of sp³-hybridized carbons (Fsp3) is 1.00. The zero-order chi connectivity index (χ0) is 23.6. The molecule has 0 atom stereocenters. The van der Waals surface area contributed by atoms with E-state index in [9.17, 15) is 0 Å². The van der Waals surface area contributed by atoms with Crippen LogP contribution in [0.2, 0.25) is 0 Å². The number of nitrogens with zero attached hydrogens (tertiary/aromatic N) is 4. The van der Waals surface area contributed by atoms with Crippen molar-refractivity contribution in [3.05, 3.63) is 0 Å². The van der Waals surface area contributed by atoms with Gasteiger partial charge in [0.05, 0.1) is 6.10 Å². The first-order valence-corrected chi connectivity index (χ1v) is 13.3. The summed E-state index contributed by atoms with van der Waals surface area (Å²) in [4.78, 5) is 10.00. The van der Waals surface area contributed by atoms with Crippen LogP contribution in [0.3, 0.4) is 0 Å². The van der Waals surface area contributed by atoms with E-state index in [-0.39, 0.29) is 0 Å². The number of hydrogen-bond acceptors (Lipinski definition) is 5. The van der Waals surface area contributed by atoms with Gasteiger partial charge in [0, 0.05) is 59.0 Å². The van der Waals surface area contributed by atoms with E-state index in [1.54, 1.807) is 0 Å². The summed E-state index contributed by atoms with van der Waals surface area (Å²) in [6.07, 6.45) is 7.00. The summed E-state index contributed by atoms with van der Waals surface area (Å²) in [6.45, 7) is 24.2. The molecule has 3 aliphatic rings. The number of likely N-dealkylation sites (tertiary alicyclic amines) is 2. The van der Waals surface area contributed by atoms with Gasteiger partial charge in [0.1, 0.15) is 0 Å². The van der Waals surface area contributed by atoms with Gasteiger partial charge < -0.3 is 24.3 Å². The first-order chi connectivity index (χ1) is 14.9. The highest BCUT2D eigenvalue weighted by Gasteiger charge is 2.25. The van der Waals surface area contributed by atoms with Gasteiger partial charge in [-0.2, -0.15) is 0 Å². The molecule has 188 valence electrons.